The van der Waals surface area contributed by atoms with Crippen LogP contribution in [-0.2, 0) is 4.74 Å². The van der Waals surface area contributed by atoms with E-state index in [1.54, 1.807) is 10.9 Å². The van der Waals surface area contributed by atoms with Crippen LogP contribution in [0.15, 0.2) is 29.7 Å². The molecule has 0 saturated heterocycles. The molecule has 0 amide bonds. The fourth-order valence-electron chi connectivity index (χ4n) is 3.41. The van der Waals surface area contributed by atoms with Crippen LogP contribution < -0.4 is 5.56 Å². The van der Waals surface area contributed by atoms with E-state index >= 15 is 0 Å². The van der Waals surface area contributed by atoms with E-state index in [0.29, 0.717) is 35.6 Å². The van der Waals surface area contributed by atoms with E-state index in [1.165, 1.54) is 0 Å². The molecular formula is C20H21FN4O2. The summed E-state index contributed by atoms with van der Waals surface area (Å²) in [4.78, 5) is 19.4. The molecule has 6 nitrogen and oxygen atoms in total. The minimum Gasteiger partial charge on any atom is -0.494 e. The first-order valence-electron chi connectivity index (χ1n) is 8.96. The number of halogens is 1. The van der Waals surface area contributed by atoms with Gasteiger partial charge in [-0.2, -0.15) is 0 Å². The van der Waals surface area contributed by atoms with Crippen molar-refractivity contribution >= 4 is 16.8 Å². The largest absolute Gasteiger partial charge is 0.494 e. The van der Waals surface area contributed by atoms with Crippen LogP contribution >= 0.6 is 0 Å². The first-order chi connectivity index (χ1) is 12.9. The number of aryl methyl sites for hydroxylation is 2. The Kier molecular flexibility index (Phi) is 4.09. The molecule has 27 heavy (non-hydrogen) atoms. The van der Waals surface area contributed by atoms with Crippen molar-refractivity contribution in [2.75, 3.05) is 6.61 Å². The summed E-state index contributed by atoms with van der Waals surface area (Å²) in [5.41, 5.74) is 3.76. The van der Waals surface area contributed by atoms with Gasteiger partial charge in [-0.3, -0.25) is 4.79 Å². The van der Waals surface area contributed by atoms with Crippen molar-refractivity contribution in [2.45, 2.75) is 39.3 Å². The highest BCUT2D eigenvalue weighted by atomic mass is 19.1. The van der Waals surface area contributed by atoms with Crippen molar-refractivity contribution in [1.29, 1.82) is 0 Å². The Hall–Kier alpha value is -2.96. The minimum atomic E-state index is -0.928. The molecule has 1 aliphatic carbocycles. The van der Waals surface area contributed by atoms with Crippen molar-refractivity contribution in [3.8, 4) is 5.69 Å². The summed E-state index contributed by atoms with van der Waals surface area (Å²) >= 11 is 0. The lowest BCUT2D eigenvalue weighted by atomic mass is 10.0. The molecule has 140 valence electrons. The molecule has 2 atom stereocenters. The maximum absolute atomic E-state index is 13.3. The molecule has 0 spiro atoms. The Morgan fingerprint density at radius 2 is 2.07 bits per heavy atom. The molecule has 0 aliphatic heterocycles. The van der Waals surface area contributed by atoms with Gasteiger partial charge in [-0.15, -0.1) is 5.10 Å². The van der Waals surface area contributed by atoms with E-state index in [-0.39, 0.29) is 11.5 Å². The molecule has 4 rings (SSSR count). The number of rotatable bonds is 5. The summed E-state index contributed by atoms with van der Waals surface area (Å²) < 4.78 is 20.5. The van der Waals surface area contributed by atoms with Gasteiger partial charge in [0.1, 0.15) is 23.1 Å². The zero-order valence-corrected chi connectivity index (χ0v) is 15.5. The van der Waals surface area contributed by atoms with Gasteiger partial charge in [0.25, 0.3) is 5.56 Å². The quantitative estimate of drug-likeness (QED) is 0.699. The standard InChI is InChI=1S/C20H21FN4O2/c1-5-27-12(4)13-6-10(2)17(11(3)7-13)25-9-15-19(24-25)22-18(23-20(15)26)14-8-16(14)21/h6-7,9,14,16H,4-5,8H2,1-3H3,(H,22,23,24,26). The van der Waals surface area contributed by atoms with Gasteiger partial charge in [-0.1, -0.05) is 6.58 Å². The van der Waals surface area contributed by atoms with Crippen molar-refractivity contribution in [1.82, 2.24) is 19.7 Å². The van der Waals surface area contributed by atoms with Crippen LogP contribution in [0.2, 0.25) is 0 Å². The predicted octanol–water partition coefficient (Wildman–Crippen LogP) is 3.56. The normalized spacial score (nSPS) is 18.7. The van der Waals surface area contributed by atoms with E-state index < -0.39 is 6.17 Å². The fraction of sp³-hybridized carbons (Fsp3) is 0.350. The molecule has 2 heterocycles. The number of fused-ring (bicyclic) bond motifs is 1. The number of hydrogen-bond acceptors (Lipinski definition) is 4. The van der Waals surface area contributed by atoms with E-state index in [2.05, 4.69) is 21.6 Å². The fourth-order valence-corrected chi connectivity index (χ4v) is 3.41. The Labute approximate surface area is 155 Å². The van der Waals surface area contributed by atoms with Crippen molar-refractivity contribution in [3.05, 3.63) is 57.8 Å². The number of aromatic nitrogens is 4. The second-order valence-electron chi connectivity index (χ2n) is 6.94. The van der Waals surface area contributed by atoms with Gasteiger partial charge in [0.05, 0.1) is 18.2 Å². The van der Waals surface area contributed by atoms with Gasteiger partial charge >= 0.3 is 0 Å². The molecule has 1 N–H and O–H groups in total. The number of nitrogens with one attached hydrogen (secondary N) is 1. The lowest BCUT2D eigenvalue weighted by Gasteiger charge is -2.14. The molecule has 1 aliphatic rings. The van der Waals surface area contributed by atoms with Crippen LogP contribution in [0.5, 0.6) is 0 Å². The zero-order valence-electron chi connectivity index (χ0n) is 15.5. The third-order valence-corrected chi connectivity index (χ3v) is 4.83. The number of aromatic amines is 1. The van der Waals surface area contributed by atoms with Crippen LogP contribution in [0.4, 0.5) is 4.39 Å². The average Bonchev–Trinajstić information content (AvgIpc) is 3.18. The number of H-pyrrole nitrogens is 1. The summed E-state index contributed by atoms with van der Waals surface area (Å²) in [6.45, 7) is 10.4. The van der Waals surface area contributed by atoms with E-state index in [0.717, 1.165) is 22.4 Å². The van der Waals surface area contributed by atoms with Crippen LogP contribution in [0.3, 0.4) is 0 Å². The smallest absolute Gasteiger partial charge is 0.262 e. The summed E-state index contributed by atoms with van der Waals surface area (Å²) in [6.07, 6.45) is 1.14. The number of nitrogens with zero attached hydrogens (tertiary/aromatic N) is 3. The first-order valence-corrected chi connectivity index (χ1v) is 8.96. The molecule has 1 saturated carbocycles. The highest BCUT2D eigenvalue weighted by Crippen LogP contribution is 2.41. The van der Waals surface area contributed by atoms with E-state index in [9.17, 15) is 9.18 Å². The van der Waals surface area contributed by atoms with Crippen LogP contribution in [0, 0.1) is 13.8 Å². The molecule has 0 bridgehead atoms. The molecule has 2 aromatic heterocycles. The number of alkyl halides is 1. The molecule has 2 unspecified atom stereocenters. The number of benzene rings is 1. The average molecular weight is 368 g/mol. The topological polar surface area (TPSA) is 72.8 Å². The minimum absolute atomic E-state index is 0.294. The molecule has 3 aromatic rings. The number of ether oxygens (including phenoxy) is 1. The maximum atomic E-state index is 13.3. The molecule has 1 fully saturated rings. The highest BCUT2D eigenvalue weighted by Gasteiger charge is 2.41. The molecular weight excluding hydrogens is 347 g/mol. The lowest BCUT2D eigenvalue weighted by molar-refractivity contribution is 0.299. The van der Waals surface area contributed by atoms with E-state index in [1.807, 2.05) is 32.9 Å². The van der Waals surface area contributed by atoms with Crippen molar-refractivity contribution in [3.63, 3.8) is 0 Å². The summed E-state index contributed by atoms with van der Waals surface area (Å²) in [5, 5.41) is 4.87. The Bertz CT molecular complexity index is 1090. The summed E-state index contributed by atoms with van der Waals surface area (Å²) in [5.74, 6) is 0.676. The van der Waals surface area contributed by atoms with Gasteiger partial charge in [0.2, 0.25) is 0 Å². The summed E-state index contributed by atoms with van der Waals surface area (Å²) in [6, 6.07) is 3.96. The zero-order chi connectivity index (χ0) is 19.3. The van der Waals surface area contributed by atoms with Gasteiger partial charge < -0.3 is 9.72 Å². The lowest BCUT2D eigenvalue weighted by Crippen LogP contribution is -2.10. The monoisotopic (exact) mass is 368 g/mol. The molecule has 7 heteroatoms. The van der Waals surface area contributed by atoms with E-state index in [4.69, 9.17) is 4.74 Å². The third-order valence-electron chi connectivity index (χ3n) is 4.83. The SMILES string of the molecule is C=C(OCC)c1cc(C)c(-n2cc3c(=O)[nH]c(C4CC4F)nc3n2)c(C)c1. The number of hydrogen-bond donors (Lipinski definition) is 1. The van der Waals surface area contributed by atoms with Crippen LogP contribution in [0.1, 0.15) is 41.8 Å². The van der Waals surface area contributed by atoms with Crippen molar-refractivity contribution < 1.29 is 9.13 Å². The summed E-state index contributed by atoms with van der Waals surface area (Å²) in [7, 11) is 0. The van der Waals surface area contributed by atoms with Gasteiger partial charge in [-0.25, -0.2) is 14.1 Å². The predicted molar refractivity (Wildman–Crippen MR) is 102 cm³/mol. The van der Waals surface area contributed by atoms with Crippen molar-refractivity contribution in [2.24, 2.45) is 0 Å². The Balaban J connectivity index is 1.79. The van der Waals surface area contributed by atoms with Gasteiger partial charge in [-0.05, 0) is 50.5 Å². The Morgan fingerprint density at radius 1 is 1.41 bits per heavy atom. The second-order valence-corrected chi connectivity index (χ2v) is 6.94. The molecule has 0 radical (unpaired) electrons. The first kappa shape index (κ1) is 17.5. The molecule has 1 aromatic carbocycles. The Morgan fingerprint density at radius 3 is 2.67 bits per heavy atom. The second kappa shape index (κ2) is 6.33. The third kappa shape index (κ3) is 3.03. The van der Waals surface area contributed by atoms with Crippen LogP contribution in [0.25, 0.3) is 22.5 Å². The van der Waals surface area contributed by atoms with Gasteiger partial charge in [0, 0.05) is 11.8 Å². The van der Waals surface area contributed by atoms with Gasteiger partial charge in [0.15, 0.2) is 5.65 Å². The van der Waals surface area contributed by atoms with Crippen LogP contribution in [-0.4, -0.2) is 32.5 Å². The highest BCUT2D eigenvalue weighted by molar-refractivity contribution is 5.74. The maximum Gasteiger partial charge on any atom is 0.262 e.